The highest BCUT2D eigenvalue weighted by Gasteiger charge is 2.20. The molecule has 22 heavy (non-hydrogen) atoms. The Morgan fingerprint density at radius 1 is 1.09 bits per heavy atom. The molecule has 116 valence electrons. The Morgan fingerprint density at radius 2 is 1.68 bits per heavy atom. The van der Waals surface area contributed by atoms with Crippen molar-refractivity contribution in [3.8, 4) is 0 Å². The molecule has 0 fully saturated rings. The molecule has 0 aromatic heterocycles. The molecule has 0 unspecified atom stereocenters. The van der Waals surface area contributed by atoms with Crippen molar-refractivity contribution in [2.45, 2.75) is 19.5 Å². The summed E-state index contributed by atoms with van der Waals surface area (Å²) in [4.78, 5) is 13.9. The van der Waals surface area contributed by atoms with Crippen LogP contribution in [-0.2, 0) is 11.3 Å². The van der Waals surface area contributed by atoms with E-state index in [1.165, 1.54) is 18.2 Å². The third-order valence-electron chi connectivity index (χ3n) is 3.55. The number of hydrogen-bond donors (Lipinski definition) is 1. The van der Waals surface area contributed by atoms with Crippen molar-refractivity contribution in [1.29, 1.82) is 0 Å². The number of carbonyl (C=O) groups excluding carboxylic acids is 1. The summed E-state index contributed by atoms with van der Waals surface area (Å²) < 4.78 is 27.2. The summed E-state index contributed by atoms with van der Waals surface area (Å²) in [6, 6.07) is 11.9. The summed E-state index contributed by atoms with van der Waals surface area (Å²) in [5.74, 6) is -1.14. The first-order chi connectivity index (χ1) is 10.5. The van der Waals surface area contributed by atoms with Gasteiger partial charge in [0.25, 0.3) is 0 Å². The van der Waals surface area contributed by atoms with E-state index < -0.39 is 11.9 Å². The maximum atomic E-state index is 13.6. The molecule has 0 heterocycles. The first kappa shape index (κ1) is 16.1. The van der Waals surface area contributed by atoms with Crippen molar-refractivity contribution < 1.29 is 13.6 Å². The zero-order valence-corrected chi connectivity index (χ0v) is 12.5. The lowest BCUT2D eigenvalue weighted by molar-refractivity contribution is -0.120. The van der Waals surface area contributed by atoms with Gasteiger partial charge >= 0.3 is 0 Å². The highest BCUT2D eigenvalue weighted by Crippen LogP contribution is 2.15. The maximum absolute atomic E-state index is 13.6. The summed E-state index contributed by atoms with van der Waals surface area (Å²) in [6.07, 6.45) is 0. The Morgan fingerprint density at radius 3 is 2.32 bits per heavy atom. The maximum Gasteiger partial charge on any atom is 0.241 e. The van der Waals surface area contributed by atoms with Crippen molar-refractivity contribution in [3.63, 3.8) is 0 Å². The molecule has 2 aromatic rings. The number of rotatable bonds is 5. The van der Waals surface area contributed by atoms with Gasteiger partial charge in [0.2, 0.25) is 5.91 Å². The summed E-state index contributed by atoms with van der Waals surface area (Å²) in [6.45, 7) is 1.98. The summed E-state index contributed by atoms with van der Waals surface area (Å²) in [5, 5.41) is 2.54. The van der Waals surface area contributed by atoms with Crippen LogP contribution in [0.3, 0.4) is 0 Å². The minimum Gasteiger partial charge on any atom is -0.322 e. The minimum atomic E-state index is -0.529. The van der Waals surface area contributed by atoms with Gasteiger partial charge in [0, 0.05) is 12.1 Å². The molecular weight excluding hydrogens is 286 g/mol. The molecule has 0 bridgehead atoms. The van der Waals surface area contributed by atoms with E-state index in [4.69, 9.17) is 0 Å². The molecule has 0 aliphatic carbocycles. The number of nitrogens with one attached hydrogen (secondary N) is 1. The predicted octanol–water partition coefficient (Wildman–Crippen LogP) is 3.42. The van der Waals surface area contributed by atoms with Crippen LogP contribution in [0.2, 0.25) is 0 Å². The van der Waals surface area contributed by atoms with E-state index in [1.54, 1.807) is 49.2 Å². The number of anilines is 1. The molecule has 2 aromatic carbocycles. The predicted molar refractivity (Wildman–Crippen MR) is 82.4 cm³/mol. The molecule has 0 radical (unpaired) electrons. The van der Waals surface area contributed by atoms with Crippen LogP contribution in [0.5, 0.6) is 0 Å². The Labute approximate surface area is 128 Å². The molecule has 3 nitrogen and oxygen atoms in total. The summed E-state index contributed by atoms with van der Waals surface area (Å²) in [5.41, 5.74) is 0.647. The number of amides is 1. The smallest absolute Gasteiger partial charge is 0.241 e. The third kappa shape index (κ3) is 3.89. The zero-order chi connectivity index (χ0) is 16.1. The van der Waals surface area contributed by atoms with Crippen LogP contribution in [0.25, 0.3) is 0 Å². The summed E-state index contributed by atoms with van der Waals surface area (Å²) >= 11 is 0. The van der Waals surface area contributed by atoms with Gasteiger partial charge in [-0.1, -0.05) is 30.3 Å². The first-order valence-electron chi connectivity index (χ1n) is 6.98. The van der Waals surface area contributed by atoms with Crippen molar-refractivity contribution in [3.05, 3.63) is 65.7 Å². The van der Waals surface area contributed by atoms with Gasteiger partial charge in [0.1, 0.15) is 11.6 Å². The van der Waals surface area contributed by atoms with E-state index in [9.17, 15) is 13.6 Å². The molecule has 2 rings (SSSR count). The SMILES string of the molecule is C[C@H](C(=O)Nc1ccccc1F)N(C)Cc1ccccc1F. The average molecular weight is 304 g/mol. The number of benzene rings is 2. The Balaban J connectivity index is 2.01. The highest BCUT2D eigenvalue weighted by molar-refractivity contribution is 5.94. The van der Waals surface area contributed by atoms with Crippen LogP contribution in [0.1, 0.15) is 12.5 Å². The van der Waals surface area contributed by atoms with Crippen LogP contribution < -0.4 is 5.32 Å². The van der Waals surface area contributed by atoms with Gasteiger partial charge in [-0.15, -0.1) is 0 Å². The van der Waals surface area contributed by atoms with Gasteiger partial charge < -0.3 is 5.32 Å². The lowest BCUT2D eigenvalue weighted by atomic mass is 10.1. The molecular formula is C17H18F2N2O. The van der Waals surface area contributed by atoms with Gasteiger partial charge in [-0.25, -0.2) is 8.78 Å². The summed E-state index contributed by atoms with van der Waals surface area (Å²) in [7, 11) is 1.72. The normalized spacial score (nSPS) is 12.2. The Bertz CT molecular complexity index is 661. The molecule has 5 heteroatoms. The fourth-order valence-electron chi connectivity index (χ4n) is 2.03. The number of para-hydroxylation sites is 1. The van der Waals surface area contributed by atoms with E-state index in [2.05, 4.69) is 5.32 Å². The van der Waals surface area contributed by atoms with Crippen molar-refractivity contribution in [2.75, 3.05) is 12.4 Å². The molecule has 1 atom stereocenters. The third-order valence-corrected chi connectivity index (χ3v) is 3.55. The second-order valence-electron chi connectivity index (χ2n) is 5.15. The van der Waals surface area contributed by atoms with E-state index in [1.807, 2.05) is 0 Å². The van der Waals surface area contributed by atoms with E-state index in [0.717, 1.165) is 0 Å². The number of nitrogens with zero attached hydrogens (tertiary/aromatic N) is 1. The quantitative estimate of drug-likeness (QED) is 0.918. The van der Waals surface area contributed by atoms with E-state index in [0.29, 0.717) is 12.1 Å². The monoisotopic (exact) mass is 304 g/mol. The standard InChI is InChI=1S/C17H18F2N2O/c1-12(17(22)20-16-10-6-5-9-15(16)19)21(2)11-13-7-3-4-8-14(13)18/h3-10,12H,11H2,1-2H3,(H,20,22)/t12-/m1/s1. The van der Waals surface area contributed by atoms with Gasteiger partial charge in [-0.05, 0) is 32.2 Å². The molecule has 0 aliphatic rings. The van der Waals surface area contributed by atoms with Crippen LogP contribution >= 0.6 is 0 Å². The first-order valence-corrected chi connectivity index (χ1v) is 6.98. The zero-order valence-electron chi connectivity index (χ0n) is 12.5. The van der Waals surface area contributed by atoms with Gasteiger partial charge in [-0.2, -0.15) is 0 Å². The second-order valence-corrected chi connectivity index (χ2v) is 5.15. The number of carbonyl (C=O) groups is 1. The van der Waals surface area contributed by atoms with E-state index in [-0.39, 0.29) is 17.4 Å². The topological polar surface area (TPSA) is 32.3 Å². The average Bonchev–Trinajstić information content (AvgIpc) is 2.51. The highest BCUT2D eigenvalue weighted by atomic mass is 19.1. The fourth-order valence-corrected chi connectivity index (χ4v) is 2.03. The lowest BCUT2D eigenvalue weighted by Crippen LogP contribution is -2.39. The fraction of sp³-hybridized carbons (Fsp3) is 0.235. The molecule has 0 spiro atoms. The van der Waals surface area contributed by atoms with Gasteiger partial charge in [0.05, 0.1) is 11.7 Å². The number of halogens is 2. The number of hydrogen-bond acceptors (Lipinski definition) is 2. The van der Waals surface area contributed by atoms with Crippen LogP contribution in [0.4, 0.5) is 14.5 Å². The Hall–Kier alpha value is -2.27. The second kappa shape index (κ2) is 7.13. The number of likely N-dealkylation sites (N-methyl/N-ethyl adjacent to an activating group) is 1. The van der Waals surface area contributed by atoms with Crippen LogP contribution in [0, 0.1) is 11.6 Å². The van der Waals surface area contributed by atoms with Gasteiger partial charge in [0.15, 0.2) is 0 Å². The molecule has 0 aliphatic heterocycles. The molecule has 1 amide bonds. The largest absolute Gasteiger partial charge is 0.322 e. The van der Waals surface area contributed by atoms with Crippen LogP contribution in [0.15, 0.2) is 48.5 Å². The van der Waals surface area contributed by atoms with Gasteiger partial charge in [-0.3, -0.25) is 9.69 Å². The van der Waals surface area contributed by atoms with Crippen LogP contribution in [-0.4, -0.2) is 23.9 Å². The minimum absolute atomic E-state index is 0.138. The Kier molecular flexibility index (Phi) is 5.22. The van der Waals surface area contributed by atoms with E-state index >= 15 is 0 Å². The molecule has 1 N–H and O–H groups in total. The molecule has 0 saturated heterocycles. The lowest BCUT2D eigenvalue weighted by Gasteiger charge is -2.24. The van der Waals surface area contributed by atoms with Crippen molar-refractivity contribution in [1.82, 2.24) is 4.90 Å². The van der Waals surface area contributed by atoms with Crippen molar-refractivity contribution >= 4 is 11.6 Å². The molecule has 0 saturated carbocycles. The van der Waals surface area contributed by atoms with Crippen molar-refractivity contribution in [2.24, 2.45) is 0 Å².